The Hall–Kier alpha value is -1.11. The summed E-state index contributed by atoms with van der Waals surface area (Å²) in [6.45, 7) is 6.91. The molecule has 0 spiro atoms. The fraction of sp³-hybridized carbons (Fsp3) is 0.850. The molecular weight excluding hydrogens is 330 g/mol. The fourth-order valence-corrected chi connectivity index (χ4v) is 5.05. The molecule has 150 valence electrons. The van der Waals surface area contributed by atoms with Crippen LogP contribution in [0.15, 0.2) is 17.1 Å². The molecular formula is C20H37N3O3. The second kappa shape index (κ2) is 8.72. The molecule has 0 amide bonds. The van der Waals surface area contributed by atoms with Crippen LogP contribution in [0.1, 0.15) is 58.3 Å². The molecule has 26 heavy (non-hydrogen) atoms. The van der Waals surface area contributed by atoms with E-state index in [1.165, 1.54) is 0 Å². The van der Waals surface area contributed by atoms with Gasteiger partial charge in [0.25, 0.3) is 0 Å². The third-order valence-corrected chi connectivity index (χ3v) is 6.74. The summed E-state index contributed by atoms with van der Waals surface area (Å²) in [6, 6.07) is 0. The Balaban J connectivity index is 2.12. The number of nitrogens with two attached hydrogens (primary N) is 1. The maximum atomic E-state index is 11.4. The quantitative estimate of drug-likeness (QED) is 0.266. The van der Waals surface area contributed by atoms with E-state index in [9.17, 15) is 10.2 Å². The van der Waals surface area contributed by atoms with Gasteiger partial charge in [-0.2, -0.15) is 0 Å². The summed E-state index contributed by atoms with van der Waals surface area (Å²) >= 11 is 0. The number of fused-ring (bicyclic) bond motifs is 1. The number of aliphatic imine (C=N–C) groups is 1. The number of hydrogen-bond donors (Lipinski definition) is 5. The molecule has 5 unspecified atom stereocenters. The van der Waals surface area contributed by atoms with Crippen molar-refractivity contribution in [3.8, 4) is 0 Å². The van der Waals surface area contributed by atoms with Gasteiger partial charge in [-0.15, -0.1) is 0 Å². The molecule has 2 fully saturated rings. The Labute approximate surface area is 157 Å². The number of hydrogen-bond acceptors (Lipinski definition) is 4. The van der Waals surface area contributed by atoms with Crippen molar-refractivity contribution in [3.05, 3.63) is 12.2 Å². The Morgan fingerprint density at radius 3 is 2.65 bits per heavy atom. The molecule has 2 aliphatic rings. The lowest BCUT2D eigenvalue weighted by atomic mass is 9.74. The van der Waals surface area contributed by atoms with Crippen LogP contribution in [0.3, 0.4) is 0 Å². The molecule has 0 heterocycles. The van der Waals surface area contributed by atoms with Crippen LogP contribution in [-0.2, 0) is 0 Å². The van der Waals surface area contributed by atoms with Crippen molar-refractivity contribution in [2.45, 2.75) is 69.5 Å². The number of rotatable bonds is 7. The molecule has 0 aromatic rings. The Bertz CT molecular complexity index is 520. The van der Waals surface area contributed by atoms with Gasteiger partial charge in [0.2, 0.25) is 0 Å². The van der Waals surface area contributed by atoms with Crippen LogP contribution < -0.4 is 11.1 Å². The van der Waals surface area contributed by atoms with E-state index in [4.69, 9.17) is 10.8 Å². The minimum atomic E-state index is -0.796. The van der Waals surface area contributed by atoms with Gasteiger partial charge in [0, 0.05) is 20.2 Å². The largest absolute Gasteiger partial charge is 0.396 e. The normalized spacial score (nSPS) is 37.9. The topological polar surface area (TPSA) is 111 Å². The van der Waals surface area contributed by atoms with Crippen LogP contribution in [0.4, 0.5) is 0 Å². The maximum absolute atomic E-state index is 11.4. The molecule has 2 saturated carbocycles. The number of guanidine groups is 1. The number of nitrogens with zero attached hydrogens (tertiary/aromatic N) is 1. The van der Waals surface area contributed by atoms with E-state index in [-0.39, 0.29) is 18.4 Å². The van der Waals surface area contributed by atoms with Crippen molar-refractivity contribution >= 4 is 5.96 Å². The Morgan fingerprint density at radius 1 is 1.27 bits per heavy atom. The highest BCUT2D eigenvalue weighted by molar-refractivity contribution is 5.77. The zero-order valence-corrected chi connectivity index (χ0v) is 16.4. The summed E-state index contributed by atoms with van der Waals surface area (Å²) < 4.78 is 0. The van der Waals surface area contributed by atoms with Crippen LogP contribution in [0.25, 0.3) is 0 Å². The van der Waals surface area contributed by atoms with Crippen molar-refractivity contribution in [1.82, 2.24) is 5.32 Å². The molecule has 6 heteroatoms. The highest BCUT2D eigenvalue weighted by Gasteiger charge is 2.54. The summed E-state index contributed by atoms with van der Waals surface area (Å²) in [7, 11) is 1.63. The lowest BCUT2D eigenvalue weighted by Gasteiger charge is -2.37. The monoisotopic (exact) mass is 367 g/mol. The van der Waals surface area contributed by atoms with Gasteiger partial charge in [-0.1, -0.05) is 12.2 Å². The van der Waals surface area contributed by atoms with Crippen molar-refractivity contribution in [2.24, 2.45) is 28.5 Å². The molecule has 0 saturated heterocycles. The summed E-state index contributed by atoms with van der Waals surface area (Å²) in [5.41, 5.74) is 5.29. The Kier molecular flexibility index (Phi) is 7.11. The van der Waals surface area contributed by atoms with E-state index in [2.05, 4.69) is 16.9 Å². The maximum Gasteiger partial charge on any atom is 0.188 e. The molecule has 6 nitrogen and oxygen atoms in total. The average molecular weight is 368 g/mol. The first kappa shape index (κ1) is 21.2. The molecule has 6 N–H and O–H groups in total. The second-order valence-corrected chi connectivity index (χ2v) is 8.45. The van der Waals surface area contributed by atoms with Crippen LogP contribution in [0.2, 0.25) is 0 Å². The van der Waals surface area contributed by atoms with Gasteiger partial charge in [0.15, 0.2) is 5.96 Å². The summed E-state index contributed by atoms with van der Waals surface area (Å²) in [6.07, 6.45) is 6.18. The zero-order chi connectivity index (χ0) is 19.4. The predicted octanol–water partition coefficient (Wildman–Crippen LogP) is 1.55. The fourth-order valence-electron chi connectivity index (χ4n) is 5.05. The third-order valence-electron chi connectivity index (χ3n) is 6.74. The molecule has 0 aromatic heterocycles. The SMILES string of the molecule is C=C(CCCO)C1CCC(C)(O)C2CCC(O)(CCNC(N)=NC)C2C1. The molecule has 2 rings (SSSR count). The first-order chi connectivity index (χ1) is 12.2. The number of aliphatic hydroxyl groups is 3. The third kappa shape index (κ3) is 4.78. The van der Waals surface area contributed by atoms with Crippen LogP contribution in [0.5, 0.6) is 0 Å². The molecule has 0 aromatic carbocycles. The lowest BCUT2D eigenvalue weighted by Crippen LogP contribution is -2.44. The van der Waals surface area contributed by atoms with Gasteiger partial charge in [-0.3, -0.25) is 4.99 Å². The highest BCUT2D eigenvalue weighted by atomic mass is 16.3. The van der Waals surface area contributed by atoms with Crippen LogP contribution in [0, 0.1) is 17.8 Å². The zero-order valence-electron chi connectivity index (χ0n) is 16.4. The van der Waals surface area contributed by atoms with Gasteiger partial charge < -0.3 is 26.4 Å². The van der Waals surface area contributed by atoms with E-state index in [1.807, 2.05) is 6.92 Å². The van der Waals surface area contributed by atoms with E-state index in [1.54, 1.807) is 7.05 Å². The summed E-state index contributed by atoms with van der Waals surface area (Å²) in [4.78, 5) is 3.89. The minimum Gasteiger partial charge on any atom is -0.396 e. The standard InChI is InChI=1S/C20H37N3O3/c1-14(5-4-12-24)15-6-8-19(2,25)16-7-9-20(26,17(16)13-15)10-11-23-18(21)22-3/h15-17,24-26H,1,4-13H2,2-3H3,(H3,21,22,23). The van der Waals surface area contributed by atoms with Gasteiger partial charge in [-0.25, -0.2) is 0 Å². The van der Waals surface area contributed by atoms with E-state index in [0.29, 0.717) is 31.3 Å². The molecule has 0 bridgehead atoms. The minimum absolute atomic E-state index is 0.0532. The Morgan fingerprint density at radius 2 is 2.00 bits per heavy atom. The highest BCUT2D eigenvalue weighted by Crippen LogP contribution is 2.54. The van der Waals surface area contributed by atoms with Crippen molar-refractivity contribution < 1.29 is 15.3 Å². The van der Waals surface area contributed by atoms with Gasteiger partial charge in [-0.05, 0) is 76.0 Å². The first-order valence-electron chi connectivity index (χ1n) is 9.93. The second-order valence-electron chi connectivity index (χ2n) is 8.45. The molecule has 2 aliphatic carbocycles. The molecule has 0 aliphatic heterocycles. The van der Waals surface area contributed by atoms with Crippen molar-refractivity contribution in [2.75, 3.05) is 20.2 Å². The summed E-state index contributed by atoms with van der Waals surface area (Å²) in [5, 5.41) is 34.6. The van der Waals surface area contributed by atoms with E-state index >= 15 is 0 Å². The molecule has 5 atom stereocenters. The van der Waals surface area contributed by atoms with Crippen LogP contribution >= 0.6 is 0 Å². The van der Waals surface area contributed by atoms with Crippen molar-refractivity contribution in [3.63, 3.8) is 0 Å². The van der Waals surface area contributed by atoms with Gasteiger partial charge in [0.05, 0.1) is 11.2 Å². The van der Waals surface area contributed by atoms with E-state index in [0.717, 1.165) is 44.1 Å². The van der Waals surface area contributed by atoms with Crippen molar-refractivity contribution in [1.29, 1.82) is 0 Å². The predicted molar refractivity (Wildman–Crippen MR) is 105 cm³/mol. The van der Waals surface area contributed by atoms with Gasteiger partial charge in [0.1, 0.15) is 0 Å². The summed E-state index contributed by atoms with van der Waals surface area (Å²) in [5.74, 6) is 0.840. The lowest BCUT2D eigenvalue weighted by molar-refractivity contribution is -0.0642. The van der Waals surface area contributed by atoms with Gasteiger partial charge >= 0.3 is 0 Å². The van der Waals surface area contributed by atoms with Crippen LogP contribution in [-0.4, -0.2) is 52.7 Å². The average Bonchev–Trinajstić information content (AvgIpc) is 2.85. The number of allylic oxidation sites excluding steroid dienone is 1. The smallest absolute Gasteiger partial charge is 0.188 e. The first-order valence-corrected chi connectivity index (χ1v) is 9.93. The van der Waals surface area contributed by atoms with E-state index < -0.39 is 11.2 Å². The number of aliphatic hydroxyl groups excluding tert-OH is 1. The number of nitrogens with one attached hydrogen (secondary N) is 1. The molecule has 0 radical (unpaired) electrons.